The van der Waals surface area contributed by atoms with Crippen molar-refractivity contribution in [2.45, 2.75) is 0 Å². The molecule has 168 valence electrons. The molecule has 0 bridgehead atoms. The third-order valence-corrected chi connectivity index (χ3v) is 6.99. The first kappa shape index (κ1) is 19.3. The number of aromatic nitrogens is 5. The summed E-state index contributed by atoms with van der Waals surface area (Å²) < 4.78 is 4.51. The zero-order chi connectivity index (χ0) is 23.6. The van der Waals surface area contributed by atoms with E-state index in [1.54, 1.807) is 6.20 Å². The molecule has 0 aliphatic heterocycles. The predicted molar refractivity (Wildman–Crippen MR) is 146 cm³/mol. The quantitative estimate of drug-likeness (QED) is 0.259. The maximum Gasteiger partial charge on any atom is 0.182 e. The molecule has 0 unspecified atom stereocenters. The molecule has 0 amide bonds. The van der Waals surface area contributed by atoms with Gasteiger partial charge in [-0.1, -0.05) is 60.7 Å². The van der Waals surface area contributed by atoms with Crippen molar-refractivity contribution in [3.8, 4) is 11.1 Å². The Kier molecular flexibility index (Phi) is 3.88. The van der Waals surface area contributed by atoms with Crippen LogP contribution in [0.4, 0.5) is 0 Å². The molecule has 36 heavy (non-hydrogen) atoms. The first-order valence-electron chi connectivity index (χ1n) is 12.0. The number of pyridine rings is 1. The first-order valence-corrected chi connectivity index (χ1v) is 12.0. The number of rotatable bonds is 1. The van der Waals surface area contributed by atoms with Crippen molar-refractivity contribution in [3.05, 3.63) is 116 Å². The molecule has 0 aliphatic carbocycles. The van der Waals surface area contributed by atoms with Crippen molar-refractivity contribution in [2.75, 3.05) is 0 Å². The number of hydrogen-bond donors (Lipinski definition) is 0. The summed E-state index contributed by atoms with van der Waals surface area (Å²) in [5.74, 6) is 0. The Labute approximate surface area is 205 Å². The fraction of sp³-hybridized carbons (Fsp3) is 0. The third-order valence-electron chi connectivity index (χ3n) is 6.99. The van der Waals surface area contributed by atoms with Gasteiger partial charge in [-0.2, -0.15) is 0 Å². The van der Waals surface area contributed by atoms with Crippen molar-refractivity contribution in [1.82, 2.24) is 23.8 Å². The molecule has 0 saturated heterocycles. The van der Waals surface area contributed by atoms with Crippen molar-refractivity contribution in [2.24, 2.45) is 0 Å². The Bertz CT molecular complexity index is 2150. The summed E-state index contributed by atoms with van der Waals surface area (Å²) in [7, 11) is 0. The third kappa shape index (κ3) is 2.62. The molecular weight excluding hydrogens is 442 g/mol. The Morgan fingerprint density at radius 2 is 1.08 bits per heavy atom. The number of hydrogen-bond acceptors (Lipinski definition) is 3. The highest BCUT2D eigenvalue weighted by Crippen LogP contribution is 2.33. The fourth-order valence-electron chi connectivity index (χ4n) is 5.39. The lowest BCUT2D eigenvalue weighted by molar-refractivity contribution is 1.24. The molecule has 4 aromatic carbocycles. The van der Waals surface area contributed by atoms with Crippen LogP contribution < -0.4 is 0 Å². The lowest BCUT2D eigenvalue weighted by Crippen LogP contribution is -1.94. The zero-order valence-corrected chi connectivity index (χ0v) is 19.2. The van der Waals surface area contributed by atoms with E-state index in [0.717, 1.165) is 66.3 Å². The largest absolute Gasteiger partial charge is 0.289 e. The molecule has 5 nitrogen and oxygen atoms in total. The fourth-order valence-corrected chi connectivity index (χ4v) is 5.39. The van der Waals surface area contributed by atoms with E-state index in [4.69, 9.17) is 9.97 Å². The van der Waals surface area contributed by atoms with Crippen LogP contribution in [-0.4, -0.2) is 23.8 Å². The minimum atomic E-state index is 0.825. The average molecular weight is 462 g/mol. The Morgan fingerprint density at radius 1 is 0.472 bits per heavy atom. The van der Waals surface area contributed by atoms with Crippen molar-refractivity contribution in [3.63, 3.8) is 0 Å². The summed E-state index contributed by atoms with van der Waals surface area (Å²) in [4.78, 5) is 14.6. The highest BCUT2D eigenvalue weighted by Gasteiger charge is 2.16. The van der Waals surface area contributed by atoms with E-state index in [2.05, 4.69) is 98.7 Å². The van der Waals surface area contributed by atoms with Crippen LogP contribution in [0.5, 0.6) is 0 Å². The molecule has 4 heterocycles. The van der Waals surface area contributed by atoms with Gasteiger partial charge in [-0.3, -0.25) is 13.8 Å². The SMILES string of the molecule is c1cncc(-c2ccc3c4ccccc4n4c5ccccc5nc4c4nc5ccccc5n4c3c2)c1. The van der Waals surface area contributed by atoms with E-state index < -0.39 is 0 Å². The number of imidazole rings is 2. The lowest BCUT2D eigenvalue weighted by Gasteiger charge is -2.10. The summed E-state index contributed by atoms with van der Waals surface area (Å²) in [5, 5.41) is 2.30. The number of para-hydroxylation sites is 5. The number of fused-ring (bicyclic) bond motifs is 12. The molecular formula is C31H19N5. The van der Waals surface area contributed by atoms with Gasteiger partial charge in [0.15, 0.2) is 11.3 Å². The van der Waals surface area contributed by atoms with Gasteiger partial charge in [-0.05, 0) is 48.0 Å². The molecule has 0 fully saturated rings. The van der Waals surface area contributed by atoms with E-state index in [1.807, 2.05) is 24.4 Å². The van der Waals surface area contributed by atoms with Gasteiger partial charge in [0.05, 0.1) is 33.1 Å². The molecule has 0 radical (unpaired) electrons. The van der Waals surface area contributed by atoms with Gasteiger partial charge < -0.3 is 0 Å². The summed E-state index contributed by atoms with van der Waals surface area (Å²) in [5.41, 5.74) is 10.0. The molecule has 4 aromatic heterocycles. The van der Waals surface area contributed by atoms with E-state index in [-0.39, 0.29) is 0 Å². The topological polar surface area (TPSA) is 47.5 Å². The molecule has 8 rings (SSSR count). The van der Waals surface area contributed by atoms with E-state index in [1.165, 1.54) is 0 Å². The molecule has 0 atom stereocenters. The Balaban J connectivity index is 1.74. The molecule has 8 aromatic rings. The monoisotopic (exact) mass is 461 g/mol. The van der Waals surface area contributed by atoms with Crippen molar-refractivity contribution >= 4 is 55.2 Å². The second-order valence-electron chi connectivity index (χ2n) is 9.01. The smallest absolute Gasteiger partial charge is 0.182 e. The second kappa shape index (κ2) is 7.23. The van der Waals surface area contributed by atoms with Gasteiger partial charge >= 0.3 is 0 Å². The first-order chi connectivity index (χ1) is 17.9. The molecule has 5 heteroatoms. The van der Waals surface area contributed by atoms with E-state index in [0.29, 0.717) is 0 Å². The maximum atomic E-state index is 5.13. The number of nitrogens with zero attached hydrogens (tertiary/aromatic N) is 5. The summed E-state index contributed by atoms with van der Waals surface area (Å²) in [6.45, 7) is 0. The Morgan fingerprint density at radius 3 is 1.78 bits per heavy atom. The normalized spacial score (nSPS) is 11.9. The highest BCUT2D eigenvalue weighted by molar-refractivity contribution is 6.08. The minimum Gasteiger partial charge on any atom is -0.289 e. The standard InChI is InChI=1S/C31H19N5/c1-4-12-26-22(9-1)23-16-15-20(21-8-7-17-32-19-21)18-29(23)36-28-14-6-3-11-25(28)34-31(36)30-33-24-10-2-5-13-27(24)35(26)30/h1-19H. The van der Waals surface area contributed by atoms with Crippen LogP contribution in [0, 0.1) is 0 Å². The number of benzene rings is 4. The predicted octanol–water partition coefficient (Wildman–Crippen LogP) is 7.22. The summed E-state index contributed by atoms with van der Waals surface area (Å²) in [6, 6.07) is 35.9. The zero-order valence-electron chi connectivity index (χ0n) is 19.2. The van der Waals surface area contributed by atoms with Crippen LogP contribution in [0.1, 0.15) is 0 Å². The van der Waals surface area contributed by atoms with Crippen LogP contribution in [0.15, 0.2) is 116 Å². The van der Waals surface area contributed by atoms with Gasteiger partial charge in [0.1, 0.15) is 0 Å². The second-order valence-corrected chi connectivity index (χ2v) is 9.01. The molecule has 0 spiro atoms. The van der Waals surface area contributed by atoms with Gasteiger partial charge in [0.2, 0.25) is 0 Å². The minimum absolute atomic E-state index is 0.825. The Hall–Kier alpha value is -5.03. The van der Waals surface area contributed by atoms with Gasteiger partial charge in [0.25, 0.3) is 0 Å². The van der Waals surface area contributed by atoms with Gasteiger partial charge in [0, 0.05) is 28.7 Å². The van der Waals surface area contributed by atoms with Crippen LogP contribution in [0.25, 0.3) is 66.3 Å². The van der Waals surface area contributed by atoms with Crippen molar-refractivity contribution < 1.29 is 0 Å². The summed E-state index contributed by atoms with van der Waals surface area (Å²) in [6.07, 6.45) is 3.71. The highest BCUT2D eigenvalue weighted by atomic mass is 15.1. The molecule has 0 aliphatic rings. The van der Waals surface area contributed by atoms with Crippen molar-refractivity contribution in [1.29, 1.82) is 0 Å². The summed E-state index contributed by atoms with van der Waals surface area (Å²) >= 11 is 0. The average Bonchev–Trinajstić information content (AvgIpc) is 3.51. The van der Waals surface area contributed by atoms with Crippen LogP contribution in [-0.2, 0) is 0 Å². The van der Waals surface area contributed by atoms with Crippen LogP contribution >= 0.6 is 0 Å². The maximum absolute atomic E-state index is 5.13. The van der Waals surface area contributed by atoms with E-state index >= 15 is 0 Å². The van der Waals surface area contributed by atoms with E-state index in [9.17, 15) is 0 Å². The van der Waals surface area contributed by atoms with Gasteiger partial charge in [-0.25, -0.2) is 9.97 Å². The molecule has 0 N–H and O–H groups in total. The van der Waals surface area contributed by atoms with Crippen LogP contribution in [0.2, 0.25) is 0 Å². The lowest BCUT2D eigenvalue weighted by atomic mass is 10.0. The molecule has 0 saturated carbocycles. The van der Waals surface area contributed by atoms with Crippen LogP contribution in [0.3, 0.4) is 0 Å². The van der Waals surface area contributed by atoms with Gasteiger partial charge in [-0.15, -0.1) is 0 Å².